The van der Waals surface area contributed by atoms with Crippen molar-refractivity contribution in [2.24, 2.45) is 0 Å². The number of nitriles is 1. The van der Waals surface area contributed by atoms with Crippen LogP contribution in [0.3, 0.4) is 0 Å². The van der Waals surface area contributed by atoms with E-state index in [-0.39, 0.29) is 11.3 Å². The number of benzene rings is 1. The van der Waals surface area contributed by atoms with Crippen LogP contribution >= 0.6 is 0 Å². The number of non-ortho nitro benzene ring substituents is 1. The van der Waals surface area contributed by atoms with Gasteiger partial charge in [0.1, 0.15) is 11.6 Å². The average Bonchev–Trinajstić information content (AvgIpc) is 2.54. The molecule has 9 heteroatoms. The molecule has 0 aliphatic rings. The van der Waals surface area contributed by atoms with E-state index in [1.807, 2.05) is 0 Å². The molecule has 0 spiro atoms. The molecule has 23 heavy (non-hydrogen) atoms. The van der Waals surface area contributed by atoms with Gasteiger partial charge in [-0.2, -0.15) is 5.26 Å². The first-order valence-corrected chi connectivity index (χ1v) is 6.65. The molecule has 9 nitrogen and oxygen atoms in total. The van der Waals surface area contributed by atoms with Crippen LogP contribution < -0.4 is 16.0 Å². The maximum Gasteiger partial charge on any atom is 0.269 e. The van der Waals surface area contributed by atoms with Gasteiger partial charge in [-0.05, 0) is 18.6 Å². The van der Waals surface area contributed by atoms with Crippen LogP contribution in [0.1, 0.15) is 6.42 Å². The molecule has 0 bridgehead atoms. The Kier molecular flexibility index (Phi) is 7.30. The van der Waals surface area contributed by atoms with Gasteiger partial charge < -0.3 is 16.0 Å². The minimum absolute atomic E-state index is 0.0929. The SMILES string of the molecule is N#C/C(=C/NCCCNC=O)C(=O)Nc1ccc([N+](=O)[O-])cc1. The number of nitrogens with one attached hydrogen (secondary N) is 3. The highest BCUT2D eigenvalue weighted by molar-refractivity contribution is 6.06. The van der Waals surface area contributed by atoms with Crippen LogP contribution in [0.5, 0.6) is 0 Å². The summed E-state index contributed by atoms with van der Waals surface area (Å²) in [5, 5.41) is 27.3. The molecule has 0 heterocycles. The van der Waals surface area contributed by atoms with Crippen molar-refractivity contribution < 1.29 is 14.5 Å². The first-order chi connectivity index (χ1) is 11.1. The highest BCUT2D eigenvalue weighted by Gasteiger charge is 2.10. The monoisotopic (exact) mass is 317 g/mol. The number of hydrogen-bond donors (Lipinski definition) is 3. The molecule has 120 valence electrons. The van der Waals surface area contributed by atoms with Crippen molar-refractivity contribution >= 4 is 23.7 Å². The first-order valence-electron chi connectivity index (χ1n) is 6.65. The molecule has 0 saturated heterocycles. The van der Waals surface area contributed by atoms with Gasteiger partial charge >= 0.3 is 0 Å². The molecule has 0 aliphatic carbocycles. The number of anilines is 1. The topological polar surface area (TPSA) is 137 Å². The van der Waals surface area contributed by atoms with Gasteiger partial charge in [0, 0.05) is 37.1 Å². The fourth-order valence-electron chi connectivity index (χ4n) is 1.54. The quantitative estimate of drug-likeness (QED) is 0.153. The molecular formula is C14H15N5O4. The van der Waals surface area contributed by atoms with Crippen molar-refractivity contribution in [3.63, 3.8) is 0 Å². The minimum Gasteiger partial charge on any atom is -0.390 e. The lowest BCUT2D eigenvalue weighted by Crippen LogP contribution is -2.20. The molecular weight excluding hydrogens is 302 g/mol. The molecule has 0 atom stereocenters. The summed E-state index contributed by atoms with van der Waals surface area (Å²) in [5.41, 5.74) is 0.119. The van der Waals surface area contributed by atoms with Crippen LogP contribution in [0, 0.1) is 21.4 Å². The van der Waals surface area contributed by atoms with Crippen molar-refractivity contribution in [3.05, 3.63) is 46.2 Å². The smallest absolute Gasteiger partial charge is 0.269 e. The summed E-state index contributed by atoms with van der Waals surface area (Å²) >= 11 is 0. The lowest BCUT2D eigenvalue weighted by molar-refractivity contribution is -0.384. The Hall–Kier alpha value is -3.41. The zero-order chi connectivity index (χ0) is 17.1. The summed E-state index contributed by atoms with van der Waals surface area (Å²) in [6.45, 7) is 0.970. The van der Waals surface area contributed by atoms with Crippen LogP contribution in [-0.2, 0) is 9.59 Å². The van der Waals surface area contributed by atoms with Gasteiger partial charge in [0.05, 0.1) is 4.92 Å². The van der Waals surface area contributed by atoms with Gasteiger partial charge in [-0.3, -0.25) is 19.7 Å². The molecule has 0 radical (unpaired) electrons. The summed E-state index contributed by atoms with van der Waals surface area (Å²) in [7, 11) is 0. The second-order valence-corrected chi connectivity index (χ2v) is 4.31. The van der Waals surface area contributed by atoms with Gasteiger partial charge in [-0.25, -0.2) is 0 Å². The summed E-state index contributed by atoms with van der Waals surface area (Å²) in [6, 6.07) is 7.02. The fourth-order valence-corrected chi connectivity index (χ4v) is 1.54. The zero-order valence-electron chi connectivity index (χ0n) is 12.1. The van der Waals surface area contributed by atoms with Crippen LogP contribution in [-0.4, -0.2) is 30.3 Å². The van der Waals surface area contributed by atoms with E-state index in [9.17, 15) is 19.7 Å². The van der Waals surface area contributed by atoms with Crippen molar-refractivity contribution in [2.75, 3.05) is 18.4 Å². The molecule has 1 aromatic carbocycles. The van der Waals surface area contributed by atoms with Gasteiger partial charge in [0.25, 0.3) is 11.6 Å². The van der Waals surface area contributed by atoms with Crippen molar-refractivity contribution in [3.8, 4) is 6.07 Å². The third-order valence-corrected chi connectivity index (χ3v) is 2.67. The predicted molar refractivity (Wildman–Crippen MR) is 82.1 cm³/mol. The lowest BCUT2D eigenvalue weighted by Gasteiger charge is -2.05. The Morgan fingerprint density at radius 2 is 1.91 bits per heavy atom. The number of amides is 2. The third kappa shape index (κ3) is 6.26. The predicted octanol–water partition coefficient (Wildman–Crippen LogP) is 0.666. The molecule has 2 amide bonds. The first kappa shape index (κ1) is 17.6. The lowest BCUT2D eigenvalue weighted by atomic mass is 10.2. The number of nitro benzene ring substituents is 1. The Morgan fingerprint density at radius 3 is 2.48 bits per heavy atom. The maximum absolute atomic E-state index is 11.9. The summed E-state index contributed by atoms with van der Waals surface area (Å²) in [4.78, 5) is 31.9. The molecule has 0 unspecified atom stereocenters. The van der Waals surface area contributed by atoms with Gasteiger partial charge in [0.15, 0.2) is 0 Å². The molecule has 0 fully saturated rings. The normalized spacial score (nSPS) is 10.3. The zero-order valence-corrected chi connectivity index (χ0v) is 12.1. The summed E-state index contributed by atoms with van der Waals surface area (Å²) in [6.07, 6.45) is 2.51. The van der Waals surface area contributed by atoms with E-state index in [0.717, 1.165) is 0 Å². The van der Waals surface area contributed by atoms with Crippen LogP contribution in [0.15, 0.2) is 36.0 Å². The number of rotatable bonds is 9. The Balaban J connectivity index is 2.54. The van der Waals surface area contributed by atoms with Crippen molar-refractivity contribution in [1.82, 2.24) is 10.6 Å². The number of carbonyl (C=O) groups is 2. The standard InChI is InChI=1S/C14H15N5O4/c15-8-11(9-16-6-1-7-17-10-20)14(21)18-12-2-4-13(5-3-12)19(22)23/h2-5,9-10,16H,1,6-7H2,(H,17,20)(H,18,21)/b11-9-. The molecule has 0 saturated carbocycles. The van der Waals surface area contributed by atoms with E-state index in [1.165, 1.54) is 30.5 Å². The van der Waals surface area contributed by atoms with Crippen molar-refractivity contribution in [1.29, 1.82) is 5.26 Å². The highest BCUT2D eigenvalue weighted by Crippen LogP contribution is 2.15. The number of nitrogens with zero attached hydrogens (tertiary/aromatic N) is 2. The molecule has 1 aromatic rings. The highest BCUT2D eigenvalue weighted by atomic mass is 16.6. The number of carbonyl (C=O) groups excluding carboxylic acids is 2. The maximum atomic E-state index is 11.9. The Labute approximate surface area is 132 Å². The van der Waals surface area contributed by atoms with E-state index in [1.54, 1.807) is 6.07 Å². The summed E-state index contributed by atoms with van der Waals surface area (Å²) in [5.74, 6) is -0.625. The van der Waals surface area contributed by atoms with E-state index in [4.69, 9.17) is 5.26 Å². The molecule has 0 aliphatic heterocycles. The van der Waals surface area contributed by atoms with Crippen LogP contribution in [0.4, 0.5) is 11.4 Å². The Morgan fingerprint density at radius 1 is 1.26 bits per heavy atom. The van der Waals surface area contributed by atoms with E-state index in [0.29, 0.717) is 31.6 Å². The largest absolute Gasteiger partial charge is 0.390 e. The molecule has 3 N–H and O–H groups in total. The van der Waals surface area contributed by atoms with E-state index >= 15 is 0 Å². The number of nitro groups is 1. The average molecular weight is 317 g/mol. The second-order valence-electron chi connectivity index (χ2n) is 4.31. The molecule has 1 rings (SSSR count). The Bertz CT molecular complexity index is 634. The van der Waals surface area contributed by atoms with Gasteiger partial charge in [-0.1, -0.05) is 0 Å². The van der Waals surface area contributed by atoms with E-state index < -0.39 is 10.8 Å². The van der Waals surface area contributed by atoms with Crippen LogP contribution in [0.2, 0.25) is 0 Å². The fraction of sp³-hybridized carbons (Fsp3) is 0.214. The third-order valence-electron chi connectivity index (χ3n) is 2.67. The number of hydrogen-bond acceptors (Lipinski definition) is 6. The second kappa shape index (κ2) is 9.51. The molecule has 0 aromatic heterocycles. The van der Waals surface area contributed by atoms with Crippen LogP contribution in [0.25, 0.3) is 0 Å². The van der Waals surface area contributed by atoms with E-state index in [2.05, 4.69) is 16.0 Å². The summed E-state index contributed by atoms with van der Waals surface area (Å²) < 4.78 is 0. The van der Waals surface area contributed by atoms with Gasteiger partial charge in [-0.15, -0.1) is 0 Å². The van der Waals surface area contributed by atoms with Crippen molar-refractivity contribution in [2.45, 2.75) is 6.42 Å². The minimum atomic E-state index is -0.625. The van der Waals surface area contributed by atoms with Gasteiger partial charge in [0.2, 0.25) is 6.41 Å².